The van der Waals surface area contributed by atoms with Crippen LogP contribution in [0.25, 0.3) is 88.1 Å². The molecule has 4 heteroatoms. The predicted octanol–water partition coefficient (Wildman–Crippen LogP) is 9.44. The molecule has 0 unspecified atom stereocenters. The normalized spacial score (nSPS) is 12.1. The molecule has 0 atom stereocenters. The van der Waals surface area contributed by atoms with Crippen molar-refractivity contribution in [3.63, 3.8) is 0 Å². The second-order valence-corrected chi connectivity index (χ2v) is 13.4. The lowest BCUT2D eigenvalue weighted by Gasteiger charge is -2.11. The molecule has 0 saturated carbocycles. The fraction of sp³-hybridized carbons (Fsp3) is 0. The second-order valence-electron chi connectivity index (χ2n) is 12.3. The van der Waals surface area contributed by atoms with Gasteiger partial charge in [-0.15, -0.1) is 0 Å². The summed E-state index contributed by atoms with van der Waals surface area (Å²) in [4.78, 5) is 0. The van der Waals surface area contributed by atoms with Gasteiger partial charge in [-0.1, -0.05) is 102 Å². The molecule has 7 aromatic carbocycles. The van der Waals surface area contributed by atoms with Crippen molar-refractivity contribution in [2.45, 2.75) is 0 Å². The molecule has 3 aromatic heterocycles. The first-order chi connectivity index (χ1) is 22.7. The van der Waals surface area contributed by atoms with E-state index in [4.69, 9.17) is 4.42 Å². The number of nitrogens with zero attached hydrogens (tertiary/aromatic N) is 2. The number of benzene rings is 7. The van der Waals surface area contributed by atoms with Crippen LogP contribution in [-0.2, 0) is 0 Å². The van der Waals surface area contributed by atoms with Crippen molar-refractivity contribution >= 4 is 81.0 Å². The predicted molar refractivity (Wildman–Crippen MR) is 197 cm³/mol. The molecule has 3 nitrogen and oxygen atoms in total. The number of para-hydroxylation sites is 4. The third kappa shape index (κ3) is 3.59. The fourth-order valence-corrected chi connectivity index (χ4v) is 7.78. The van der Waals surface area contributed by atoms with Crippen LogP contribution in [0.15, 0.2) is 156 Å². The molecule has 0 amide bonds. The highest BCUT2D eigenvalue weighted by Gasteiger charge is 2.19. The maximum absolute atomic E-state index is 6.37. The summed E-state index contributed by atoms with van der Waals surface area (Å²) >= 11 is 0. The smallest absolute Gasteiger partial charge is 0.143 e. The molecule has 0 N–H and O–H groups in total. The van der Waals surface area contributed by atoms with Gasteiger partial charge in [-0.3, -0.25) is 0 Å². The van der Waals surface area contributed by atoms with Crippen molar-refractivity contribution in [2.24, 2.45) is 0 Å². The molecular formula is C42H28N2OSi. The molecule has 216 valence electrons. The van der Waals surface area contributed by atoms with E-state index >= 15 is 0 Å². The summed E-state index contributed by atoms with van der Waals surface area (Å²) in [6.45, 7) is 0. The fourth-order valence-electron chi connectivity index (χ4n) is 7.45. The Hall–Kier alpha value is -5.84. The second kappa shape index (κ2) is 9.58. The molecule has 10 rings (SSSR count). The summed E-state index contributed by atoms with van der Waals surface area (Å²) in [6.07, 6.45) is 0. The summed E-state index contributed by atoms with van der Waals surface area (Å²) in [5, 5.41) is 8.76. The van der Waals surface area contributed by atoms with Crippen LogP contribution in [0.3, 0.4) is 0 Å². The zero-order valence-electron chi connectivity index (χ0n) is 25.2. The first-order valence-electron chi connectivity index (χ1n) is 15.8. The van der Waals surface area contributed by atoms with E-state index in [0.717, 1.165) is 49.0 Å². The van der Waals surface area contributed by atoms with Crippen molar-refractivity contribution < 1.29 is 4.42 Å². The van der Waals surface area contributed by atoms with Crippen LogP contribution in [0.5, 0.6) is 0 Å². The monoisotopic (exact) mass is 604 g/mol. The average Bonchev–Trinajstić information content (AvgIpc) is 3.75. The lowest BCUT2D eigenvalue weighted by molar-refractivity contribution is 0.670. The third-order valence-electron chi connectivity index (χ3n) is 9.60. The Labute approximate surface area is 267 Å². The van der Waals surface area contributed by atoms with E-state index in [2.05, 4.69) is 149 Å². The SMILES string of the molecule is [SiH3]c1ccc(-n2c3ccccc3c3cc4c5ccccc5n(-c5ccc(-c6cccc7c6oc6ccccc67)cc5)c4cc32)cc1. The zero-order chi connectivity index (χ0) is 30.4. The van der Waals surface area contributed by atoms with Crippen molar-refractivity contribution in [3.05, 3.63) is 152 Å². The molecule has 10 aromatic rings. The van der Waals surface area contributed by atoms with Gasteiger partial charge >= 0.3 is 0 Å². The first-order valence-corrected chi connectivity index (χ1v) is 16.8. The molecule has 3 heterocycles. The maximum Gasteiger partial charge on any atom is 0.143 e. The number of fused-ring (bicyclic) bond motifs is 9. The van der Waals surface area contributed by atoms with Crippen molar-refractivity contribution in [1.82, 2.24) is 9.13 Å². The summed E-state index contributed by atoms with van der Waals surface area (Å²) < 4.78 is 11.2. The molecule has 0 spiro atoms. The van der Waals surface area contributed by atoms with Crippen LogP contribution in [-0.4, -0.2) is 19.4 Å². The van der Waals surface area contributed by atoms with E-state index in [-0.39, 0.29) is 0 Å². The minimum atomic E-state index is 0.920. The molecule has 0 fully saturated rings. The first kappa shape index (κ1) is 25.5. The van der Waals surface area contributed by atoms with Gasteiger partial charge in [0.25, 0.3) is 0 Å². The van der Waals surface area contributed by atoms with Gasteiger partial charge in [-0.2, -0.15) is 0 Å². The lowest BCUT2D eigenvalue weighted by Crippen LogP contribution is -2.02. The van der Waals surface area contributed by atoms with Gasteiger partial charge in [-0.25, -0.2) is 0 Å². The number of rotatable bonds is 3. The third-order valence-corrected chi connectivity index (χ3v) is 10.3. The van der Waals surface area contributed by atoms with Crippen LogP contribution in [0.1, 0.15) is 0 Å². The lowest BCUT2D eigenvalue weighted by atomic mass is 10.0. The van der Waals surface area contributed by atoms with Crippen molar-refractivity contribution in [2.75, 3.05) is 0 Å². The Morgan fingerprint density at radius 1 is 0.413 bits per heavy atom. The zero-order valence-corrected chi connectivity index (χ0v) is 27.2. The summed E-state index contributed by atoms with van der Waals surface area (Å²) in [5.74, 6) is 0. The molecule has 0 bridgehead atoms. The molecule has 46 heavy (non-hydrogen) atoms. The van der Waals surface area contributed by atoms with Crippen LogP contribution in [0.2, 0.25) is 0 Å². The topological polar surface area (TPSA) is 23.0 Å². The largest absolute Gasteiger partial charge is 0.455 e. The summed E-state index contributed by atoms with van der Waals surface area (Å²) in [5.41, 5.74) is 11.3. The van der Waals surface area contributed by atoms with E-state index in [9.17, 15) is 0 Å². The number of hydrogen-bond donors (Lipinski definition) is 0. The standard InChI is InChI=1S/C42H28N2OSi/c46-29-22-20-28(21-23-29)44-38-14-5-2-9-32(38)36-24-35-31-8-1-4-13-37(31)43(39(35)25-40(36)44)27-18-16-26(17-19-27)30-11-7-12-34-33-10-3-6-15-41(33)45-42(30)34/h1-25H,46H3. The molecule has 0 aliphatic heterocycles. The van der Waals surface area contributed by atoms with E-state index in [1.807, 2.05) is 12.1 Å². The molecule has 0 aliphatic carbocycles. The van der Waals surface area contributed by atoms with Gasteiger partial charge < -0.3 is 13.6 Å². The van der Waals surface area contributed by atoms with Crippen LogP contribution < -0.4 is 5.19 Å². The Balaban J connectivity index is 1.21. The van der Waals surface area contributed by atoms with Gasteiger partial charge in [0.2, 0.25) is 0 Å². The van der Waals surface area contributed by atoms with E-state index in [1.54, 1.807) is 0 Å². The van der Waals surface area contributed by atoms with E-state index in [0.29, 0.717) is 0 Å². The van der Waals surface area contributed by atoms with Gasteiger partial charge in [0.05, 0.1) is 22.1 Å². The van der Waals surface area contributed by atoms with Gasteiger partial charge in [0, 0.05) is 59.5 Å². The molecule has 0 saturated heterocycles. The number of hydrogen-bond acceptors (Lipinski definition) is 1. The highest BCUT2D eigenvalue weighted by atomic mass is 28.1. The van der Waals surface area contributed by atoms with E-state index < -0.39 is 0 Å². The molecule has 0 radical (unpaired) electrons. The number of aromatic nitrogens is 2. The maximum atomic E-state index is 6.37. The van der Waals surface area contributed by atoms with Gasteiger partial charge in [0.1, 0.15) is 11.2 Å². The quantitative estimate of drug-likeness (QED) is 0.184. The Morgan fingerprint density at radius 2 is 0.957 bits per heavy atom. The molecular weight excluding hydrogens is 577 g/mol. The highest BCUT2D eigenvalue weighted by Crippen LogP contribution is 2.40. The van der Waals surface area contributed by atoms with Crippen LogP contribution in [0, 0.1) is 0 Å². The average molecular weight is 605 g/mol. The molecule has 0 aliphatic rings. The van der Waals surface area contributed by atoms with E-state index in [1.165, 1.54) is 54.5 Å². The van der Waals surface area contributed by atoms with Crippen LogP contribution >= 0.6 is 0 Å². The number of furan rings is 1. The van der Waals surface area contributed by atoms with Gasteiger partial charge in [0.15, 0.2) is 0 Å². The highest BCUT2D eigenvalue weighted by molar-refractivity contribution is 6.32. The Kier molecular flexibility index (Phi) is 5.30. The minimum Gasteiger partial charge on any atom is -0.455 e. The summed E-state index contributed by atoms with van der Waals surface area (Å²) in [7, 11) is 1.04. The minimum absolute atomic E-state index is 0.920. The van der Waals surface area contributed by atoms with Gasteiger partial charge in [-0.05, 0) is 60.2 Å². The van der Waals surface area contributed by atoms with Crippen molar-refractivity contribution in [3.8, 4) is 22.5 Å². The van der Waals surface area contributed by atoms with Crippen LogP contribution in [0.4, 0.5) is 0 Å². The Morgan fingerprint density at radius 3 is 1.61 bits per heavy atom. The summed E-state index contributed by atoms with van der Waals surface area (Å²) in [6, 6.07) is 55.0. The Bertz CT molecular complexity index is 2800. The van der Waals surface area contributed by atoms with Crippen molar-refractivity contribution in [1.29, 1.82) is 0 Å².